The number of hydrogen-bond acceptors (Lipinski definition) is 4. The van der Waals surface area contributed by atoms with Crippen LogP contribution in [0.25, 0.3) is 0 Å². The molecule has 1 saturated heterocycles. The number of hydrogen-bond donors (Lipinski definition) is 1. The van der Waals surface area contributed by atoms with E-state index in [4.69, 9.17) is 4.42 Å². The molecule has 0 radical (unpaired) electrons. The van der Waals surface area contributed by atoms with Gasteiger partial charge in [0.2, 0.25) is 15.9 Å². The fraction of sp³-hybridized carbons (Fsp3) is 0.643. The molecule has 1 aliphatic rings. The number of nitrogens with one attached hydrogen (secondary N) is 1. The van der Waals surface area contributed by atoms with E-state index < -0.39 is 10.0 Å². The molecule has 1 aromatic rings. The lowest BCUT2D eigenvalue weighted by atomic mass is 9.99. The normalized spacial score (nSPS) is 20.3. The van der Waals surface area contributed by atoms with Crippen LogP contribution in [0.15, 0.2) is 22.8 Å². The van der Waals surface area contributed by atoms with Crippen molar-refractivity contribution in [2.45, 2.75) is 25.7 Å². The smallest absolute Gasteiger partial charge is 0.224 e. The quantitative estimate of drug-likeness (QED) is 0.795. The lowest BCUT2D eigenvalue weighted by Crippen LogP contribution is -2.45. The van der Waals surface area contributed by atoms with E-state index >= 15 is 0 Å². The Labute approximate surface area is 125 Å². The Bertz CT molecular complexity index is 554. The molecule has 6 nitrogen and oxygen atoms in total. The summed E-state index contributed by atoms with van der Waals surface area (Å²) < 4.78 is 29.7. The largest absolute Gasteiger partial charge is 0.469 e. The van der Waals surface area contributed by atoms with Crippen LogP contribution in [-0.4, -0.2) is 44.5 Å². The number of aryl methyl sites for hydroxylation is 1. The number of sulfonamides is 1. The Balaban J connectivity index is 1.72. The summed E-state index contributed by atoms with van der Waals surface area (Å²) >= 11 is 0. The zero-order chi connectivity index (χ0) is 15.3. The molecule has 1 atom stereocenters. The zero-order valence-corrected chi connectivity index (χ0v) is 13.1. The van der Waals surface area contributed by atoms with Crippen molar-refractivity contribution in [1.82, 2.24) is 9.62 Å². The minimum atomic E-state index is -3.21. The molecule has 0 saturated carbocycles. The number of amides is 1. The van der Waals surface area contributed by atoms with Crippen molar-refractivity contribution in [3.63, 3.8) is 0 Å². The molecule has 0 bridgehead atoms. The Kier molecular flexibility index (Phi) is 5.41. The molecular weight excluding hydrogens is 292 g/mol. The Hall–Kier alpha value is -1.34. The summed E-state index contributed by atoms with van der Waals surface area (Å²) in [4.78, 5) is 12.1. The van der Waals surface area contributed by atoms with Crippen LogP contribution in [0.3, 0.4) is 0 Å². The van der Waals surface area contributed by atoms with Gasteiger partial charge in [0.25, 0.3) is 0 Å². The molecule has 0 aromatic carbocycles. The SMILES string of the molecule is CS(=O)(=O)N1CCC[C@@H](C(=O)NCCCc2ccco2)C1. The van der Waals surface area contributed by atoms with Crippen LogP contribution in [0, 0.1) is 5.92 Å². The number of rotatable bonds is 6. The van der Waals surface area contributed by atoms with Crippen LogP contribution in [0.2, 0.25) is 0 Å². The Morgan fingerprint density at radius 1 is 1.52 bits per heavy atom. The van der Waals surface area contributed by atoms with E-state index in [1.807, 2.05) is 12.1 Å². The zero-order valence-electron chi connectivity index (χ0n) is 12.2. The second kappa shape index (κ2) is 7.09. The van der Waals surface area contributed by atoms with Crippen LogP contribution in [0.4, 0.5) is 0 Å². The fourth-order valence-corrected chi connectivity index (χ4v) is 3.44. The van der Waals surface area contributed by atoms with Crippen molar-refractivity contribution >= 4 is 15.9 Å². The van der Waals surface area contributed by atoms with E-state index in [0.29, 0.717) is 19.6 Å². The lowest BCUT2D eigenvalue weighted by Gasteiger charge is -2.30. The van der Waals surface area contributed by atoms with Crippen LogP contribution in [0.5, 0.6) is 0 Å². The van der Waals surface area contributed by atoms with Crippen LogP contribution >= 0.6 is 0 Å². The average Bonchev–Trinajstić information content (AvgIpc) is 2.96. The third-order valence-electron chi connectivity index (χ3n) is 3.70. The first kappa shape index (κ1) is 16.0. The second-order valence-corrected chi connectivity index (χ2v) is 7.42. The number of nitrogens with zero attached hydrogens (tertiary/aromatic N) is 1. The number of piperidine rings is 1. The van der Waals surface area contributed by atoms with Gasteiger partial charge in [0, 0.05) is 26.1 Å². The van der Waals surface area contributed by atoms with E-state index in [1.165, 1.54) is 10.6 Å². The van der Waals surface area contributed by atoms with Crippen LogP contribution < -0.4 is 5.32 Å². The molecule has 118 valence electrons. The third kappa shape index (κ3) is 4.86. The summed E-state index contributed by atoms with van der Waals surface area (Å²) in [5.41, 5.74) is 0. The maximum absolute atomic E-state index is 12.1. The topological polar surface area (TPSA) is 79.6 Å². The van der Waals surface area contributed by atoms with Crippen molar-refractivity contribution < 1.29 is 17.6 Å². The highest BCUT2D eigenvalue weighted by Crippen LogP contribution is 2.18. The van der Waals surface area contributed by atoms with Gasteiger partial charge in [-0.25, -0.2) is 12.7 Å². The van der Waals surface area contributed by atoms with Crippen LogP contribution in [-0.2, 0) is 21.2 Å². The molecule has 1 aromatic heterocycles. The minimum Gasteiger partial charge on any atom is -0.469 e. The van der Waals surface area contributed by atoms with E-state index in [1.54, 1.807) is 6.26 Å². The summed E-state index contributed by atoms with van der Waals surface area (Å²) in [6.45, 7) is 1.39. The molecule has 7 heteroatoms. The first-order valence-corrected chi connectivity index (χ1v) is 9.07. The third-order valence-corrected chi connectivity index (χ3v) is 4.97. The number of furan rings is 1. The van der Waals surface area contributed by atoms with Gasteiger partial charge in [-0.3, -0.25) is 4.79 Å². The molecule has 1 amide bonds. The number of carbonyl (C=O) groups excluding carboxylic acids is 1. The highest BCUT2D eigenvalue weighted by molar-refractivity contribution is 7.88. The Morgan fingerprint density at radius 3 is 3.00 bits per heavy atom. The van der Waals surface area contributed by atoms with Gasteiger partial charge >= 0.3 is 0 Å². The molecule has 0 spiro atoms. The van der Waals surface area contributed by atoms with E-state index in [2.05, 4.69) is 5.32 Å². The van der Waals surface area contributed by atoms with E-state index in [-0.39, 0.29) is 11.8 Å². The van der Waals surface area contributed by atoms with Crippen molar-refractivity contribution in [1.29, 1.82) is 0 Å². The van der Waals surface area contributed by atoms with Gasteiger partial charge in [-0.2, -0.15) is 0 Å². The van der Waals surface area contributed by atoms with Crippen molar-refractivity contribution in [2.24, 2.45) is 5.92 Å². The highest BCUT2D eigenvalue weighted by atomic mass is 32.2. The maximum atomic E-state index is 12.1. The molecule has 1 N–H and O–H groups in total. The number of carbonyl (C=O) groups is 1. The fourth-order valence-electron chi connectivity index (χ4n) is 2.53. The van der Waals surface area contributed by atoms with Crippen LogP contribution in [0.1, 0.15) is 25.0 Å². The Morgan fingerprint density at radius 2 is 2.33 bits per heavy atom. The van der Waals surface area contributed by atoms with Gasteiger partial charge in [0.15, 0.2) is 0 Å². The molecule has 2 rings (SSSR count). The standard InChI is InChI=1S/C14H22N2O4S/c1-21(18,19)16-9-3-5-12(11-16)14(17)15-8-2-6-13-7-4-10-20-13/h4,7,10,12H,2-3,5-6,8-9,11H2,1H3,(H,15,17)/t12-/m1/s1. The average molecular weight is 314 g/mol. The second-order valence-electron chi connectivity index (χ2n) is 5.43. The van der Waals surface area contributed by atoms with Crippen molar-refractivity contribution in [3.05, 3.63) is 24.2 Å². The predicted octanol–water partition coefficient (Wildman–Crippen LogP) is 1.00. The first-order valence-electron chi connectivity index (χ1n) is 7.22. The summed E-state index contributed by atoms with van der Waals surface area (Å²) in [6, 6.07) is 3.75. The van der Waals surface area contributed by atoms with Gasteiger partial charge < -0.3 is 9.73 Å². The molecule has 21 heavy (non-hydrogen) atoms. The lowest BCUT2D eigenvalue weighted by molar-refractivity contribution is -0.126. The highest BCUT2D eigenvalue weighted by Gasteiger charge is 2.29. The molecular formula is C14H22N2O4S. The van der Waals surface area contributed by atoms with Gasteiger partial charge in [-0.15, -0.1) is 0 Å². The van der Waals surface area contributed by atoms with E-state index in [0.717, 1.165) is 31.4 Å². The molecule has 2 heterocycles. The van der Waals surface area contributed by atoms with Crippen molar-refractivity contribution in [3.8, 4) is 0 Å². The molecule has 0 unspecified atom stereocenters. The predicted molar refractivity (Wildman–Crippen MR) is 79.2 cm³/mol. The molecule has 0 aliphatic carbocycles. The molecule has 1 fully saturated rings. The summed E-state index contributed by atoms with van der Waals surface area (Å²) in [6.07, 6.45) is 5.90. The van der Waals surface area contributed by atoms with Gasteiger partial charge in [-0.05, 0) is 31.4 Å². The van der Waals surface area contributed by atoms with Gasteiger partial charge in [-0.1, -0.05) is 0 Å². The van der Waals surface area contributed by atoms with Gasteiger partial charge in [0.05, 0.1) is 18.4 Å². The first-order chi connectivity index (χ1) is 9.97. The summed E-state index contributed by atoms with van der Waals surface area (Å²) in [5.74, 6) is 0.616. The van der Waals surface area contributed by atoms with Gasteiger partial charge in [0.1, 0.15) is 5.76 Å². The van der Waals surface area contributed by atoms with Crippen molar-refractivity contribution in [2.75, 3.05) is 25.9 Å². The molecule has 1 aliphatic heterocycles. The monoisotopic (exact) mass is 314 g/mol. The summed E-state index contributed by atoms with van der Waals surface area (Å²) in [7, 11) is -3.21. The summed E-state index contributed by atoms with van der Waals surface area (Å²) in [5, 5.41) is 2.88. The maximum Gasteiger partial charge on any atom is 0.224 e. The van der Waals surface area contributed by atoms with E-state index in [9.17, 15) is 13.2 Å². The minimum absolute atomic E-state index is 0.0530.